The topological polar surface area (TPSA) is 87.6 Å². The van der Waals surface area contributed by atoms with Gasteiger partial charge in [0.2, 0.25) is 0 Å². The van der Waals surface area contributed by atoms with Crippen LogP contribution in [0.3, 0.4) is 0 Å². The monoisotopic (exact) mass is 208 g/mol. The Morgan fingerprint density at radius 3 is 2.43 bits per heavy atom. The van der Waals surface area contributed by atoms with Gasteiger partial charge in [0, 0.05) is 0 Å². The highest BCUT2D eigenvalue weighted by Gasteiger charge is 2.47. The van der Waals surface area contributed by atoms with Crippen LogP contribution in [-0.4, -0.2) is 24.0 Å². The van der Waals surface area contributed by atoms with Gasteiger partial charge >= 0.3 is 5.04 Å². The first-order valence-electron chi connectivity index (χ1n) is 3.70. The van der Waals surface area contributed by atoms with Crippen LogP contribution in [0.4, 0.5) is 0 Å². The van der Waals surface area contributed by atoms with Crippen molar-refractivity contribution in [3.63, 3.8) is 0 Å². The number of sulfone groups is 1. The van der Waals surface area contributed by atoms with Crippen molar-refractivity contribution in [3.8, 4) is 0 Å². The smallest absolute Gasteiger partial charge is 0.360 e. The normalized spacial score (nSPS) is 17.7. The Balaban J connectivity index is 2.95. The Hall–Kier alpha value is -1.78. The minimum Gasteiger partial charge on any atom is -0.360 e. The molecule has 0 radical (unpaired) electrons. The molecule has 0 atom stereocenters. The maximum atomic E-state index is 11.5. The van der Waals surface area contributed by atoms with Crippen LogP contribution in [0.1, 0.15) is 10.4 Å². The van der Waals surface area contributed by atoms with Gasteiger partial charge in [-0.3, -0.25) is 4.79 Å². The first-order chi connectivity index (χ1) is 6.59. The zero-order valence-electron chi connectivity index (χ0n) is 6.84. The molecule has 6 heteroatoms. The van der Waals surface area contributed by atoms with Gasteiger partial charge in [-0.05, 0) is 12.1 Å². The van der Waals surface area contributed by atoms with Gasteiger partial charge in [0.05, 0.1) is 10.5 Å². The molecule has 1 aliphatic rings. The molecule has 0 aromatic heterocycles. The highest BCUT2D eigenvalue weighted by molar-refractivity contribution is 8.09. The maximum absolute atomic E-state index is 11.5. The van der Waals surface area contributed by atoms with Crippen LogP contribution in [-0.2, 0) is 9.84 Å². The number of rotatable bonds is 0. The largest absolute Gasteiger partial charge is 0.456 e. The molecule has 0 saturated carbocycles. The van der Waals surface area contributed by atoms with E-state index in [0.29, 0.717) is 0 Å². The van der Waals surface area contributed by atoms with Crippen LogP contribution < -0.4 is 0 Å². The summed E-state index contributed by atoms with van der Waals surface area (Å²) in [6.45, 7) is 0. The lowest BCUT2D eigenvalue weighted by molar-refractivity contribution is -0.00125. The second-order valence-corrected chi connectivity index (χ2v) is 4.57. The molecular formula is C8H4N2O3S. The number of benzene rings is 1. The minimum absolute atomic E-state index is 0.0558. The van der Waals surface area contributed by atoms with E-state index in [-0.39, 0.29) is 10.5 Å². The molecule has 0 spiro atoms. The molecule has 5 nitrogen and oxygen atoms in total. The van der Waals surface area contributed by atoms with Crippen molar-refractivity contribution in [2.75, 3.05) is 0 Å². The first-order valence-corrected chi connectivity index (χ1v) is 5.18. The Labute approximate surface area is 79.5 Å². The summed E-state index contributed by atoms with van der Waals surface area (Å²) >= 11 is 0. The predicted octanol–water partition coefficient (Wildman–Crippen LogP) is 0.285. The van der Waals surface area contributed by atoms with Crippen LogP contribution >= 0.6 is 0 Å². The van der Waals surface area contributed by atoms with Crippen molar-refractivity contribution in [2.24, 2.45) is 0 Å². The third-order valence-corrected chi connectivity index (χ3v) is 3.67. The summed E-state index contributed by atoms with van der Waals surface area (Å²) in [4.78, 5) is 13.8. The molecule has 0 saturated heterocycles. The standard InChI is InChI=1S/C8H4N2O3S/c9-10-8-7(11)5-3-1-2-4-6(5)14(8,12)13/h1-4H. The van der Waals surface area contributed by atoms with Gasteiger partial charge in [-0.25, -0.2) is 8.42 Å². The highest BCUT2D eigenvalue weighted by Crippen LogP contribution is 2.26. The fraction of sp³-hybridized carbons (Fsp3) is 0. The molecule has 1 heterocycles. The van der Waals surface area contributed by atoms with Crippen molar-refractivity contribution in [1.82, 2.24) is 0 Å². The van der Waals surface area contributed by atoms with Crippen molar-refractivity contribution >= 4 is 20.7 Å². The van der Waals surface area contributed by atoms with Gasteiger partial charge in [-0.15, -0.1) is 4.79 Å². The molecule has 14 heavy (non-hydrogen) atoms. The van der Waals surface area contributed by atoms with Crippen LogP contribution in [0.5, 0.6) is 0 Å². The summed E-state index contributed by atoms with van der Waals surface area (Å²) in [5, 5.41) is -0.807. The quantitative estimate of drug-likeness (QED) is 0.453. The lowest BCUT2D eigenvalue weighted by Crippen LogP contribution is -2.15. The molecule has 0 N–H and O–H groups in total. The number of hydrogen-bond donors (Lipinski definition) is 0. The number of carbonyl (C=O) groups is 1. The number of nitrogens with zero attached hydrogens (tertiary/aromatic N) is 2. The minimum atomic E-state index is -3.90. The Bertz CT molecular complexity index is 582. The molecule has 0 bridgehead atoms. The second-order valence-electron chi connectivity index (χ2n) is 2.73. The van der Waals surface area contributed by atoms with E-state index in [1.54, 1.807) is 6.07 Å². The van der Waals surface area contributed by atoms with Crippen molar-refractivity contribution in [2.45, 2.75) is 4.90 Å². The summed E-state index contributed by atoms with van der Waals surface area (Å²) in [7, 11) is -3.90. The molecule has 70 valence electrons. The summed E-state index contributed by atoms with van der Waals surface area (Å²) in [6.07, 6.45) is 0. The molecule has 1 aromatic rings. The van der Waals surface area contributed by atoms with E-state index >= 15 is 0 Å². The summed E-state index contributed by atoms with van der Waals surface area (Å²) in [6, 6.07) is 5.74. The molecule has 0 amide bonds. The van der Waals surface area contributed by atoms with Gasteiger partial charge < -0.3 is 5.53 Å². The van der Waals surface area contributed by atoms with Crippen LogP contribution in [0.25, 0.3) is 5.53 Å². The average molecular weight is 208 g/mol. The van der Waals surface area contributed by atoms with Crippen molar-refractivity contribution in [1.29, 1.82) is 0 Å². The molecule has 1 aliphatic heterocycles. The van der Waals surface area contributed by atoms with Gasteiger partial charge in [0.15, 0.2) is 0 Å². The van der Waals surface area contributed by atoms with Crippen LogP contribution in [0, 0.1) is 0 Å². The van der Waals surface area contributed by atoms with Gasteiger partial charge in [0.25, 0.3) is 15.6 Å². The molecule has 2 rings (SSSR count). The first kappa shape index (κ1) is 8.80. The van der Waals surface area contributed by atoms with Gasteiger partial charge in [-0.2, -0.15) is 0 Å². The van der Waals surface area contributed by atoms with E-state index in [9.17, 15) is 13.2 Å². The summed E-state index contributed by atoms with van der Waals surface area (Å²) in [5.41, 5.74) is 8.49. The fourth-order valence-electron chi connectivity index (χ4n) is 1.33. The summed E-state index contributed by atoms with van der Waals surface area (Å²) in [5.74, 6) is -0.761. The number of hydrogen-bond acceptors (Lipinski definition) is 3. The fourth-order valence-corrected chi connectivity index (χ4v) is 2.71. The lowest BCUT2D eigenvalue weighted by atomic mass is 10.1. The Morgan fingerprint density at radius 2 is 1.86 bits per heavy atom. The van der Waals surface area contributed by atoms with E-state index in [4.69, 9.17) is 5.53 Å². The maximum Gasteiger partial charge on any atom is 0.456 e. The number of Topliss-reactive ketones (excluding diaryl/α,β-unsaturated/α-hetero) is 1. The van der Waals surface area contributed by atoms with Gasteiger partial charge in [0.1, 0.15) is 0 Å². The summed E-state index contributed by atoms with van der Waals surface area (Å²) < 4.78 is 23.0. The van der Waals surface area contributed by atoms with E-state index in [1.165, 1.54) is 18.2 Å². The molecule has 0 aliphatic carbocycles. The Kier molecular flexibility index (Phi) is 1.64. The third-order valence-electron chi connectivity index (χ3n) is 1.96. The lowest BCUT2D eigenvalue weighted by Gasteiger charge is -1.90. The Morgan fingerprint density at radius 1 is 1.21 bits per heavy atom. The molecule has 0 unspecified atom stereocenters. The van der Waals surface area contributed by atoms with E-state index in [1.807, 2.05) is 0 Å². The predicted molar refractivity (Wildman–Crippen MR) is 46.6 cm³/mol. The van der Waals surface area contributed by atoms with Crippen molar-refractivity contribution < 1.29 is 18.0 Å². The molecular weight excluding hydrogens is 204 g/mol. The SMILES string of the molecule is [N-]=[N+]=C1C(=O)c2ccccc2S1(=O)=O. The number of fused-ring (bicyclic) bond motifs is 1. The average Bonchev–Trinajstić information content (AvgIpc) is 2.36. The van der Waals surface area contributed by atoms with E-state index < -0.39 is 20.7 Å². The highest BCUT2D eigenvalue weighted by atomic mass is 32.2. The van der Waals surface area contributed by atoms with Crippen molar-refractivity contribution in [3.05, 3.63) is 35.4 Å². The van der Waals surface area contributed by atoms with E-state index in [2.05, 4.69) is 4.79 Å². The number of ketones is 1. The second kappa shape index (κ2) is 2.60. The zero-order valence-corrected chi connectivity index (χ0v) is 7.65. The third kappa shape index (κ3) is 0.891. The number of carbonyl (C=O) groups excluding carboxylic acids is 1. The van der Waals surface area contributed by atoms with E-state index in [0.717, 1.165) is 0 Å². The zero-order chi connectivity index (χ0) is 10.3. The van der Waals surface area contributed by atoms with Gasteiger partial charge in [-0.1, -0.05) is 12.1 Å². The molecule has 1 aromatic carbocycles. The van der Waals surface area contributed by atoms with Crippen LogP contribution in [0.15, 0.2) is 29.2 Å². The van der Waals surface area contributed by atoms with Crippen LogP contribution in [0.2, 0.25) is 0 Å². The molecule has 0 fully saturated rings.